The van der Waals surface area contributed by atoms with Gasteiger partial charge < -0.3 is 15.4 Å². The van der Waals surface area contributed by atoms with Crippen molar-refractivity contribution in [3.63, 3.8) is 0 Å². The number of hydrogen-bond acceptors (Lipinski definition) is 6. The second-order valence-corrected chi connectivity index (χ2v) is 8.85. The molecule has 1 aliphatic carbocycles. The third kappa shape index (κ3) is 5.43. The molecule has 2 aromatic rings. The number of ether oxygens (including phenoxy) is 1. The molecule has 8 heteroatoms. The van der Waals surface area contributed by atoms with E-state index in [-0.39, 0.29) is 11.8 Å². The number of carbonyl (C=O) groups is 2. The van der Waals surface area contributed by atoms with Gasteiger partial charge in [0.2, 0.25) is 11.8 Å². The van der Waals surface area contributed by atoms with E-state index in [4.69, 9.17) is 4.74 Å². The zero-order chi connectivity index (χ0) is 22.5. The molecule has 2 N–H and O–H groups in total. The molecule has 3 atom stereocenters. The zero-order valence-corrected chi connectivity index (χ0v) is 18.7. The van der Waals surface area contributed by atoms with Gasteiger partial charge in [0.15, 0.2) is 0 Å². The van der Waals surface area contributed by atoms with E-state index < -0.39 is 0 Å². The summed E-state index contributed by atoms with van der Waals surface area (Å²) in [5, 5.41) is 5.72. The van der Waals surface area contributed by atoms with E-state index in [0.29, 0.717) is 41.4 Å². The van der Waals surface area contributed by atoms with Gasteiger partial charge >= 0.3 is 0 Å². The van der Waals surface area contributed by atoms with E-state index in [9.17, 15) is 9.59 Å². The van der Waals surface area contributed by atoms with Crippen molar-refractivity contribution in [2.24, 2.45) is 17.8 Å². The Kier molecular flexibility index (Phi) is 6.99. The fraction of sp³-hybridized carbons (Fsp3) is 0.500. The lowest BCUT2D eigenvalue weighted by atomic mass is 9.72. The molecule has 0 radical (unpaired) electrons. The molecule has 170 valence electrons. The van der Waals surface area contributed by atoms with E-state index in [1.807, 2.05) is 6.20 Å². The smallest absolute Gasteiger partial charge is 0.238 e. The van der Waals surface area contributed by atoms with Crippen LogP contribution in [0.2, 0.25) is 0 Å². The van der Waals surface area contributed by atoms with Gasteiger partial charge in [-0.25, -0.2) is 0 Å². The summed E-state index contributed by atoms with van der Waals surface area (Å²) in [5.74, 6) is 2.14. The molecule has 4 rings (SSSR count). The van der Waals surface area contributed by atoms with Crippen molar-refractivity contribution in [2.45, 2.75) is 32.6 Å². The summed E-state index contributed by atoms with van der Waals surface area (Å²) in [4.78, 5) is 35.3. The van der Waals surface area contributed by atoms with Crippen LogP contribution in [-0.2, 0) is 16.0 Å². The van der Waals surface area contributed by atoms with E-state index in [1.54, 1.807) is 37.7 Å². The Morgan fingerprint density at radius 1 is 1.16 bits per heavy atom. The van der Waals surface area contributed by atoms with Gasteiger partial charge in [0.1, 0.15) is 5.75 Å². The SMILES string of the molecule is COc1ccc(NC(C)=O)c(NC(=O)CN2C[C@H]3CCC[C@H](Cc4cnccn4)[C@H]3C2)c1. The van der Waals surface area contributed by atoms with Crippen molar-refractivity contribution in [1.82, 2.24) is 14.9 Å². The number of rotatable bonds is 7. The first-order chi connectivity index (χ1) is 15.5. The third-order valence-corrected chi connectivity index (χ3v) is 6.59. The first-order valence-electron chi connectivity index (χ1n) is 11.2. The molecule has 0 spiro atoms. The van der Waals surface area contributed by atoms with Gasteiger partial charge in [-0.15, -0.1) is 0 Å². The number of likely N-dealkylation sites (tertiary alicyclic amines) is 1. The van der Waals surface area contributed by atoms with Crippen LogP contribution in [0.15, 0.2) is 36.8 Å². The van der Waals surface area contributed by atoms with Gasteiger partial charge in [0.25, 0.3) is 0 Å². The van der Waals surface area contributed by atoms with E-state index >= 15 is 0 Å². The second-order valence-electron chi connectivity index (χ2n) is 8.85. The lowest BCUT2D eigenvalue weighted by Crippen LogP contribution is -2.32. The summed E-state index contributed by atoms with van der Waals surface area (Å²) in [5.41, 5.74) is 2.16. The average molecular weight is 438 g/mol. The Bertz CT molecular complexity index is 952. The Morgan fingerprint density at radius 2 is 2.03 bits per heavy atom. The number of anilines is 2. The minimum absolute atomic E-state index is 0.0889. The molecule has 2 heterocycles. The number of hydrogen-bond donors (Lipinski definition) is 2. The van der Waals surface area contributed by atoms with Crippen molar-refractivity contribution in [3.8, 4) is 5.75 Å². The van der Waals surface area contributed by atoms with Gasteiger partial charge in [0.05, 0.1) is 30.7 Å². The Hall–Kier alpha value is -3.00. The highest BCUT2D eigenvalue weighted by Crippen LogP contribution is 2.41. The van der Waals surface area contributed by atoms with Crippen LogP contribution in [0.1, 0.15) is 31.9 Å². The number of nitrogens with one attached hydrogen (secondary N) is 2. The normalized spacial score (nSPS) is 22.8. The maximum absolute atomic E-state index is 12.9. The highest BCUT2D eigenvalue weighted by atomic mass is 16.5. The van der Waals surface area contributed by atoms with Gasteiger partial charge in [-0.05, 0) is 49.1 Å². The molecule has 32 heavy (non-hydrogen) atoms. The summed E-state index contributed by atoms with van der Waals surface area (Å²) >= 11 is 0. The van der Waals surface area contributed by atoms with Crippen LogP contribution in [0.3, 0.4) is 0 Å². The fourth-order valence-electron chi connectivity index (χ4n) is 5.22. The quantitative estimate of drug-likeness (QED) is 0.691. The maximum Gasteiger partial charge on any atom is 0.238 e. The average Bonchev–Trinajstić information content (AvgIpc) is 3.18. The molecule has 2 amide bonds. The molecule has 2 fully saturated rings. The van der Waals surface area contributed by atoms with Crippen molar-refractivity contribution < 1.29 is 14.3 Å². The monoisotopic (exact) mass is 437 g/mol. The first-order valence-corrected chi connectivity index (χ1v) is 11.2. The number of aromatic nitrogens is 2. The minimum Gasteiger partial charge on any atom is -0.497 e. The van der Waals surface area contributed by atoms with Crippen molar-refractivity contribution in [2.75, 3.05) is 37.4 Å². The number of amides is 2. The Balaban J connectivity index is 1.38. The molecule has 0 unspecified atom stereocenters. The van der Waals surface area contributed by atoms with Crippen LogP contribution in [-0.4, -0.2) is 53.4 Å². The summed E-state index contributed by atoms with van der Waals surface area (Å²) in [6, 6.07) is 5.21. The zero-order valence-electron chi connectivity index (χ0n) is 18.7. The molecule has 2 aliphatic rings. The summed E-state index contributed by atoms with van der Waals surface area (Å²) in [6.45, 7) is 3.66. The molecular weight excluding hydrogens is 406 g/mol. The third-order valence-electron chi connectivity index (χ3n) is 6.59. The van der Waals surface area contributed by atoms with Gasteiger partial charge in [-0.3, -0.25) is 24.5 Å². The topological polar surface area (TPSA) is 96.5 Å². The lowest BCUT2D eigenvalue weighted by Gasteiger charge is -2.32. The van der Waals surface area contributed by atoms with Crippen LogP contribution in [0, 0.1) is 17.8 Å². The molecule has 1 aromatic heterocycles. The van der Waals surface area contributed by atoms with Crippen LogP contribution >= 0.6 is 0 Å². The maximum atomic E-state index is 12.9. The molecule has 1 saturated heterocycles. The van der Waals surface area contributed by atoms with E-state index in [0.717, 1.165) is 25.2 Å². The van der Waals surface area contributed by atoms with Crippen LogP contribution < -0.4 is 15.4 Å². The largest absolute Gasteiger partial charge is 0.497 e. The Morgan fingerprint density at radius 3 is 2.78 bits per heavy atom. The predicted molar refractivity (Wildman–Crippen MR) is 122 cm³/mol. The first kappa shape index (κ1) is 22.2. The van der Waals surface area contributed by atoms with Crippen LogP contribution in [0.5, 0.6) is 5.75 Å². The van der Waals surface area contributed by atoms with Gasteiger partial charge in [-0.2, -0.15) is 0 Å². The highest BCUT2D eigenvalue weighted by Gasteiger charge is 2.40. The van der Waals surface area contributed by atoms with Crippen LogP contribution in [0.4, 0.5) is 11.4 Å². The standard InChI is InChI=1S/C24H31N5O3/c1-16(30)27-22-7-6-20(32-2)11-23(22)28-24(31)15-29-13-18-5-3-4-17(21(18)14-29)10-19-12-25-8-9-26-19/h6-9,11-12,17-18,21H,3-5,10,13-15H2,1-2H3,(H,27,30)(H,28,31)/t17-,18-,21-/m1/s1. The molecule has 0 bridgehead atoms. The molecule has 1 saturated carbocycles. The van der Waals surface area contributed by atoms with Crippen molar-refractivity contribution in [1.29, 1.82) is 0 Å². The summed E-state index contributed by atoms with van der Waals surface area (Å²) < 4.78 is 5.27. The van der Waals surface area contributed by atoms with E-state index in [1.165, 1.54) is 26.2 Å². The minimum atomic E-state index is -0.191. The summed E-state index contributed by atoms with van der Waals surface area (Å²) in [6.07, 6.45) is 9.96. The number of fused-ring (bicyclic) bond motifs is 1. The number of nitrogens with zero attached hydrogens (tertiary/aromatic N) is 3. The van der Waals surface area contributed by atoms with Crippen molar-refractivity contribution in [3.05, 3.63) is 42.5 Å². The van der Waals surface area contributed by atoms with Gasteiger partial charge in [0, 0.05) is 44.7 Å². The fourth-order valence-corrected chi connectivity index (χ4v) is 5.22. The molecular formula is C24H31N5O3. The molecule has 8 nitrogen and oxygen atoms in total. The summed E-state index contributed by atoms with van der Waals surface area (Å²) in [7, 11) is 1.57. The predicted octanol–water partition coefficient (Wildman–Crippen LogP) is 2.97. The second kappa shape index (κ2) is 10.1. The highest BCUT2D eigenvalue weighted by molar-refractivity contribution is 5.99. The van der Waals surface area contributed by atoms with Crippen molar-refractivity contribution >= 4 is 23.2 Å². The Labute approximate surface area is 188 Å². The van der Waals surface area contributed by atoms with Gasteiger partial charge in [-0.1, -0.05) is 6.42 Å². The van der Waals surface area contributed by atoms with Crippen LogP contribution in [0.25, 0.3) is 0 Å². The number of carbonyl (C=O) groups excluding carboxylic acids is 2. The number of benzene rings is 1. The molecule has 1 aliphatic heterocycles. The number of methoxy groups -OCH3 is 1. The lowest BCUT2D eigenvalue weighted by molar-refractivity contribution is -0.117. The molecule has 1 aromatic carbocycles. The van der Waals surface area contributed by atoms with E-state index in [2.05, 4.69) is 25.5 Å².